The number of nitrogens with zero attached hydrogens (tertiary/aromatic N) is 2. The maximum Gasteiger partial charge on any atom is 0.135 e. The fourth-order valence-corrected chi connectivity index (χ4v) is 10.1. The van der Waals surface area contributed by atoms with E-state index in [0.717, 1.165) is 61.7 Å². The first-order valence-electron chi connectivity index (χ1n) is 21.6. The molecule has 294 valence electrons. The average Bonchev–Trinajstić information content (AvgIpc) is 4.08. The number of fused-ring (bicyclic) bond motifs is 12. The summed E-state index contributed by atoms with van der Waals surface area (Å²) in [5.74, 6) is 0.397. The molecular formula is C58H40N2O2. The Balaban J connectivity index is 0.946. The molecule has 0 aliphatic rings. The van der Waals surface area contributed by atoms with E-state index in [4.69, 9.17) is 8.83 Å². The highest BCUT2D eigenvalue weighted by molar-refractivity contribution is 6.13. The molecule has 0 bridgehead atoms. The van der Waals surface area contributed by atoms with Gasteiger partial charge < -0.3 is 18.0 Å². The van der Waals surface area contributed by atoms with Gasteiger partial charge in [0, 0.05) is 54.5 Å². The summed E-state index contributed by atoms with van der Waals surface area (Å²) >= 11 is 0. The van der Waals surface area contributed by atoms with Crippen LogP contribution in [0.1, 0.15) is 31.7 Å². The van der Waals surface area contributed by atoms with Crippen molar-refractivity contribution in [3.8, 4) is 33.6 Å². The van der Waals surface area contributed by atoms with Gasteiger partial charge in [-0.2, -0.15) is 0 Å². The smallest absolute Gasteiger partial charge is 0.135 e. The minimum atomic E-state index is 0.397. The average molecular weight is 797 g/mol. The molecule has 4 heteroatoms. The van der Waals surface area contributed by atoms with Gasteiger partial charge >= 0.3 is 0 Å². The highest BCUT2D eigenvalue weighted by Gasteiger charge is 2.18. The Bertz CT molecular complexity index is 3590. The lowest BCUT2D eigenvalue weighted by molar-refractivity contribution is 0.668. The third-order valence-electron chi connectivity index (χ3n) is 13.4. The van der Waals surface area contributed by atoms with Crippen LogP contribution in [0.4, 0.5) is 0 Å². The van der Waals surface area contributed by atoms with Crippen molar-refractivity contribution < 1.29 is 8.83 Å². The van der Waals surface area contributed by atoms with Crippen LogP contribution < -0.4 is 0 Å². The van der Waals surface area contributed by atoms with E-state index in [2.05, 4.69) is 211 Å². The summed E-state index contributed by atoms with van der Waals surface area (Å²) in [6, 6.07) is 68.3. The lowest BCUT2D eigenvalue weighted by Crippen LogP contribution is -1.94. The number of benzene rings is 9. The Hall–Kier alpha value is -7.82. The quantitative estimate of drug-likeness (QED) is 0.168. The van der Waals surface area contributed by atoms with Crippen molar-refractivity contribution in [2.75, 3.05) is 0 Å². The van der Waals surface area contributed by atoms with Gasteiger partial charge in [-0.05, 0) is 131 Å². The number of para-hydroxylation sites is 4. The second kappa shape index (κ2) is 13.3. The van der Waals surface area contributed by atoms with E-state index < -0.39 is 0 Å². The van der Waals surface area contributed by atoms with Gasteiger partial charge in [-0.1, -0.05) is 111 Å². The first kappa shape index (κ1) is 35.0. The minimum absolute atomic E-state index is 0.397. The van der Waals surface area contributed by atoms with E-state index in [1.807, 2.05) is 0 Å². The molecule has 4 nitrogen and oxygen atoms in total. The van der Waals surface area contributed by atoms with Crippen LogP contribution in [0.25, 0.3) is 121 Å². The summed E-state index contributed by atoms with van der Waals surface area (Å²) in [6.45, 7) is 4.60. The Labute approximate surface area is 357 Å². The van der Waals surface area contributed by atoms with E-state index in [1.54, 1.807) is 0 Å². The molecule has 0 aliphatic carbocycles. The first-order valence-corrected chi connectivity index (χ1v) is 21.6. The number of aromatic nitrogens is 2. The maximum atomic E-state index is 6.49. The summed E-state index contributed by atoms with van der Waals surface area (Å²) in [5, 5.41) is 9.45. The van der Waals surface area contributed by atoms with Gasteiger partial charge in [0.1, 0.15) is 22.3 Å². The number of hydrogen-bond acceptors (Lipinski definition) is 2. The van der Waals surface area contributed by atoms with Gasteiger partial charge in [-0.15, -0.1) is 0 Å². The van der Waals surface area contributed by atoms with E-state index in [1.165, 1.54) is 71.4 Å². The Morgan fingerprint density at radius 1 is 0.355 bits per heavy atom. The van der Waals surface area contributed by atoms with Crippen LogP contribution in [-0.4, -0.2) is 9.13 Å². The third kappa shape index (κ3) is 5.20. The van der Waals surface area contributed by atoms with Gasteiger partial charge in [0.25, 0.3) is 0 Å². The van der Waals surface area contributed by atoms with Gasteiger partial charge in [-0.25, -0.2) is 0 Å². The molecular weight excluding hydrogens is 757 g/mol. The maximum absolute atomic E-state index is 6.49. The Morgan fingerprint density at radius 2 is 0.710 bits per heavy atom. The molecule has 0 N–H and O–H groups in total. The lowest BCUT2D eigenvalue weighted by atomic mass is 9.89. The largest absolute Gasteiger partial charge is 0.456 e. The van der Waals surface area contributed by atoms with Gasteiger partial charge in [0.05, 0.1) is 22.1 Å². The van der Waals surface area contributed by atoms with Crippen molar-refractivity contribution in [3.05, 3.63) is 194 Å². The van der Waals surface area contributed by atoms with Crippen LogP contribution in [0.3, 0.4) is 0 Å². The molecule has 9 aromatic carbocycles. The highest BCUT2D eigenvalue weighted by atomic mass is 16.3. The zero-order chi connectivity index (χ0) is 41.1. The van der Waals surface area contributed by atoms with Gasteiger partial charge in [0.2, 0.25) is 0 Å². The number of hydrogen-bond donors (Lipinski definition) is 0. The normalized spacial score (nSPS) is 12.7. The molecule has 1 unspecified atom stereocenters. The van der Waals surface area contributed by atoms with Crippen LogP contribution in [0.5, 0.6) is 0 Å². The fourth-order valence-electron chi connectivity index (χ4n) is 10.1. The molecule has 13 aromatic rings. The molecule has 1 atom stereocenters. The van der Waals surface area contributed by atoms with Crippen LogP contribution in [0.15, 0.2) is 197 Å². The van der Waals surface area contributed by atoms with E-state index in [0.29, 0.717) is 5.92 Å². The van der Waals surface area contributed by atoms with Crippen LogP contribution >= 0.6 is 0 Å². The van der Waals surface area contributed by atoms with Gasteiger partial charge in [-0.3, -0.25) is 0 Å². The molecule has 0 aliphatic heterocycles. The number of rotatable bonds is 6. The summed E-state index contributed by atoms with van der Waals surface area (Å²) < 4.78 is 17.7. The molecule has 62 heavy (non-hydrogen) atoms. The number of furan rings is 2. The highest BCUT2D eigenvalue weighted by Crippen LogP contribution is 2.41. The first-order chi connectivity index (χ1) is 30.6. The molecule has 0 saturated heterocycles. The second-order valence-corrected chi connectivity index (χ2v) is 16.9. The van der Waals surface area contributed by atoms with Crippen molar-refractivity contribution in [2.24, 2.45) is 0 Å². The summed E-state index contributed by atoms with van der Waals surface area (Å²) in [4.78, 5) is 0. The topological polar surface area (TPSA) is 36.1 Å². The molecule has 13 rings (SSSR count). The predicted octanol–water partition coefficient (Wildman–Crippen LogP) is 16.5. The monoisotopic (exact) mass is 796 g/mol. The molecule has 4 heterocycles. The Morgan fingerprint density at radius 3 is 1.10 bits per heavy atom. The summed E-state index contributed by atoms with van der Waals surface area (Å²) in [5.41, 5.74) is 16.6. The fraction of sp³-hybridized carbons (Fsp3) is 0.0690. The predicted molar refractivity (Wildman–Crippen MR) is 259 cm³/mol. The van der Waals surface area contributed by atoms with E-state index >= 15 is 0 Å². The minimum Gasteiger partial charge on any atom is -0.456 e. The molecule has 4 aromatic heterocycles. The third-order valence-corrected chi connectivity index (χ3v) is 13.4. The second-order valence-electron chi connectivity index (χ2n) is 16.9. The SMILES string of the molecule is CCC(C)c1cc(-c2ccc3oc4ccc(-n5c6ccccc6c6ccccc65)cc4c3c2)cc(-c2ccc3oc4ccc(-n5c6ccccc6c6ccccc65)cc4c3c2)c1. The standard InChI is InChI=1S/C58H40N2O2/c1-3-35(2)38-28-39(36-20-24-55-47(31-36)49-33-41(22-26-57(49)61-55)59-51-16-8-4-12-43(51)44-13-5-9-17-52(44)59)30-40(29-38)37-21-25-56-48(32-37)50-34-42(23-27-58(50)62-56)60-53-18-10-6-14-45(53)46-15-7-11-19-54(46)60/h4-35H,3H2,1-2H3. The zero-order valence-corrected chi connectivity index (χ0v) is 34.4. The van der Waals surface area contributed by atoms with Crippen LogP contribution in [0, 0.1) is 0 Å². The van der Waals surface area contributed by atoms with Crippen molar-refractivity contribution >= 4 is 87.5 Å². The molecule has 0 spiro atoms. The van der Waals surface area contributed by atoms with E-state index in [-0.39, 0.29) is 0 Å². The summed E-state index contributed by atoms with van der Waals surface area (Å²) in [6.07, 6.45) is 1.05. The van der Waals surface area contributed by atoms with Crippen LogP contribution in [-0.2, 0) is 0 Å². The molecule has 0 amide bonds. The van der Waals surface area contributed by atoms with Crippen molar-refractivity contribution in [1.82, 2.24) is 9.13 Å². The van der Waals surface area contributed by atoms with Gasteiger partial charge in [0.15, 0.2) is 0 Å². The van der Waals surface area contributed by atoms with Crippen molar-refractivity contribution in [1.29, 1.82) is 0 Å². The molecule has 0 fully saturated rings. The summed E-state index contributed by atoms with van der Waals surface area (Å²) in [7, 11) is 0. The van der Waals surface area contributed by atoms with Crippen molar-refractivity contribution in [3.63, 3.8) is 0 Å². The van der Waals surface area contributed by atoms with Crippen molar-refractivity contribution in [2.45, 2.75) is 26.2 Å². The van der Waals surface area contributed by atoms with E-state index in [9.17, 15) is 0 Å². The zero-order valence-electron chi connectivity index (χ0n) is 34.4. The molecule has 0 saturated carbocycles. The van der Waals surface area contributed by atoms with Crippen LogP contribution in [0.2, 0.25) is 0 Å². The Kier molecular flexibility index (Phi) is 7.53. The molecule has 0 radical (unpaired) electrons. The lowest BCUT2D eigenvalue weighted by Gasteiger charge is -2.15.